The van der Waals surface area contributed by atoms with Crippen molar-refractivity contribution in [3.8, 4) is 11.5 Å². The van der Waals surface area contributed by atoms with Crippen LogP contribution in [0.1, 0.15) is 29.7 Å². The molecule has 28 heavy (non-hydrogen) atoms. The number of allylic oxidation sites excluding steroid dienone is 1. The van der Waals surface area contributed by atoms with E-state index in [1.54, 1.807) is 6.07 Å². The Morgan fingerprint density at radius 2 is 1.82 bits per heavy atom. The Morgan fingerprint density at radius 3 is 2.54 bits per heavy atom. The van der Waals surface area contributed by atoms with Crippen LogP contribution < -0.4 is 10.6 Å². The molecule has 1 atom stereocenters. The molecule has 0 fully saturated rings. The van der Waals surface area contributed by atoms with Crippen molar-refractivity contribution in [2.45, 2.75) is 19.8 Å². The molecule has 0 radical (unpaired) electrons. The topological polar surface area (TPSA) is 110 Å². The number of nitrogens with zero attached hydrogens (tertiary/aromatic N) is 1. The van der Waals surface area contributed by atoms with Gasteiger partial charge < -0.3 is 20.8 Å². The molecule has 0 bridgehead atoms. The molecule has 1 amide bonds. The van der Waals surface area contributed by atoms with Crippen LogP contribution in [0, 0.1) is 6.92 Å². The fraction of sp³-hybridized carbons (Fsp3) is 0.143. The minimum absolute atomic E-state index is 0.210. The van der Waals surface area contributed by atoms with E-state index in [9.17, 15) is 15.0 Å². The Labute approximate surface area is 161 Å². The number of aromatic nitrogens is 2. The van der Waals surface area contributed by atoms with E-state index < -0.39 is 5.92 Å². The van der Waals surface area contributed by atoms with Gasteiger partial charge in [-0.1, -0.05) is 24.3 Å². The van der Waals surface area contributed by atoms with Crippen molar-refractivity contribution in [2.75, 3.05) is 10.6 Å². The van der Waals surface area contributed by atoms with E-state index in [0.717, 1.165) is 11.3 Å². The summed E-state index contributed by atoms with van der Waals surface area (Å²) in [6, 6.07) is 13.8. The lowest BCUT2D eigenvalue weighted by Crippen LogP contribution is -2.27. The van der Waals surface area contributed by atoms with Crippen LogP contribution in [0.15, 0.2) is 59.8 Å². The van der Waals surface area contributed by atoms with Crippen LogP contribution in [-0.2, 0) is 4.79 Å². The molecule has 1 aromatic heterocycles. The second-order valence-corrected chi connectivity index (χ2v) is 6.78. The van der Waals surface area contributed by atoms with Gasteiger partial charge in [-0.05, 0) is 43.7 Å². The molecule has 5 N–H and O–H groups in total. The fourth-order valence-corrected chi connectivity index (χ4v) is 3.57. The number of amides is 1. The Kier molecular flexibility index (Phi) is 4.27. The zero-order valence-electron chi connectivity index (χ0n) is 15.4. The van der Waals surface area contributed by atoms with E-state index in [1.807, 2.05) is 44.2 Å². The summed E-state index contributed by atoms with van der Waals surface area (Å²) < 4.78 is 0. The SMILES string of the molecule is CC1=C(C(=O)Nc2ccccc2)[C@@H](c2ccc(O)c(O)c2)c2c(n[nH]c2C)N1. The van der Waals surface area contributed by atoms with Gasteiger partial charge in [-0.15, -0.1) is 0 Å². The first-order valence-corrected chi connectivity index (χ1v) is 8.86. The molecule has 4 rings (SSSR count). The fourth-order valence-electron chi connectivity index (χ4n) is 3.57. The van der Waals surface area contributed by atoms with Crippen LogP contribution in [0.25, 0.3) is 0 Å². The van der Waals surface area contributed by atoms with E-state index in [-0.39, 0.29) is 17.4 Å². The number of rotatable bonds is 3. The Morgan fingerprint density at radius 1 is 1.07 bits per heavy atom. The zero-order chi connectivity index (χ0) is 19.8. The first kappa shape index (κ1) is 17.7. The maximum absolute atomic E-state index is 13.2. The van der Waals surface area contributed by atoms with Crippen molar-refractivity contribution in [1.29, 1.82) is 0 Å². The van der Waals surface area contributed by atoms with Crippen molar-refractivity contribution in [3.63, 3.8) is 0 Å². The molecule has 2 aromatic carbocycles. The van der Waals surface area contributed by atoms with Gasteiger partial charge in [-0.25, -0.2) is 0 Å². The molecule has 7 heteroatoms. The summed E-state index contributed by atoms with van der Waals surface area (Å²) in [6.45, 7) is 3.70. The Balaban J connectivity index is 1.83. The molecular weight excluding hydrogens is 356 g/mol. The lowest BCUT2D eigenvalue weighted by molar-refractivity contribution is -0.113. The van der Waals surface area contributed by atoms with Crippen LogP contribution in [0.3, 0.4) is 0 Å². The zero-order valence-corrected chi connectivity index (χ0v) is 15.4. The number of fused-ring (bicyclic) bond motifs is 1. The predicted octanol–water partition coefficient (Wildman–Crippen LogP) is 3.60. The molecule has 0 aliphatic carbocycles. The quantitative estimate of drug-likeness (QED) is 0.449. The van der Waals surface area contributed by atoms with Crippen molar-refractivity contribution < 1.29 is 15.0 Å². The second-order valence-electron chi connectivity index (χ2n) is 6.78. The number of phenols is 2. The predicted molar refractivity (Wildman–Crippen MR) is 106 cm³/mol. The summed E-state index contributed by atoms with van der Waals surface area (Å²) in [7, 11) is 0. The number of H-pyrrole nitrogens is 1. The van der Waals surface area contributed by atoms with Crippen LogP contribution in [0.4, 0.5) is 11.5 Å². The van der Waals surface area contributed by atoms with Gasteiger partial charge in [0, 0.05) is 34.1 Å². The van der Waals surface area contributed by atoms with E-state index in [1.165, 1.54) is 12.1 Å². The maximum atomic E-state index is 13.2. The van der Waals surface area contributed by atoms with Crippen molar-refractivity contribution in [1.82, 2.24) is 10.2 Å². The molecule has 7 nitrogen and oxygen atoms in total. The minimum Gasteiger partial charge on any atom is -0.504 e. The summed E-state index contributed by atoms with van der Waals surface area (Å²) >= 11 is 0. The number of aromatic amines is 1. The summed E-state index contributed by atoms with van der Waals surface area (Å²) in [5, 5.41) is 33.1. The highest BCUT2D eigenvalue weighted by atomic mass is 16.3. The normalized spacial score (nSPS) is 15.7. The Hall–Kier alpha value is -3.74. The summed E-state index contributed by atoms with van der Waals surface area (Å²) in [4.78, 5) is 13.2. The molecule has 2 heterocycles. The molecule has 1 aliphatic heterocycles. The van der Waals surface area contributed by atoms with E-state index in [2.05, 4.69) is 20.8 Å². The molecule has 0 unspecified atom stereocenters. The number of para-hydroxylation sites is 1. The average molecular weight is 376 g/mol. The highest BCUT2D eigenvalue weighted by molar-refractivity contribution is 6.07. The first-order valence-electron chi connectivity index (χ1n) is 8.86. The van der Waals surface area contributed by atoms with Gasteiger partial charge in [-0.2, -0.15) is 5.10 Å². The van der Waals surface area contributed by atoms with Gasteiger partial charge in [0.05, 0.1) is 0 Å². The minimum atomic E-state index is -0.454. The number of hydrogen-bond acceptors (Lipinski definition) is 5. The molecular formula is C21H20N4O3. The van der Waals surface area contributed by atoms with E-state index in [0.29, 0.717) is 28.3 Å². The molecule has 1 aliphatic rings. The summed E-state index contributed by atoms with van der Waals surface area (Å²) in [6.07, 6.45) is 0. The Bertz CT molecular complexity index is 1090. The first-order chi connectivity index (χ1) is 13.5. The molecule has 3 aromatic rings. The number of anilines is 2. The number of aromatic hydroxyl groups is 2. The van der Waals surface area contributed by atoms with Gasteiger partial charge in [0.25, 0.3) is 5.91 Å². The van der Waals surface area contributed by atoms with Gasteiger partial charge in [0.2, 0.25) is 0 Å². The van der Waals surface area contributed by atoms with Crippen molar-refractivity contribution in [2.24, 2.45) is 0 Å². The van der Waals surface area contributed by atoms with Gasteiger partial charge >= 0.3 is 0 Å². The number of benzene rings is 2. The summed E-state index contributed by atoms with van der Waals surface area (Å²) in [5.74, 6) is -0.508. The third kappa shape index (κ3) is 2.96. The molecule has 0 saturated heterocycles. The van der Waals surface area contributed by atoms with Crippen LogP contribution in [0.5, 0.6) is 11.5 Å². The number of hydrogen-bond donors (Lipinski definition) is 5. The monoisotopic (exact) mass is 376 g/mol. The largest absolute Gasteiger partial charge is 0.504 e. The number of nitrogens with one attached hydrogen (secondary N) is 3. The van der Waals surface area contributed by atoms with Crippen LogP contribution in [0.2, 0.25) is 0 Å². The van der Waals surface area contributed by atoms with Gasteiger partial charge in [0.15, 0.2) is 17.3 Å². The smallest absolute Gasteiger partial charge is 0.254 e. The number of aryl methyl sites for hydroxylation is 1. The van der Waals surface area contributed by atoms with Crippen LogP contribution >= 0.6 is 0 Å². The third-order valence-corrected chi connectivity index (χ3v) is 4.89. The van der Waals surface area contributed by atoms with Gasteiger partial charge in [-0.3, -0.25) is 9.89 Å². The van der Waals surface area contributed by atoms with E-state index >= 15 is 0 Å². The number of carbonyl (C=O) groups is 1. The number of phenolic OH excluding ortho intramolecular Hbond substituents is 2. The maximum Gasteiger partial charge on any atom is 0.254 e. The molecule has 0 spiro atoms. The van der Waals surface area contributed by atoms with Crippen LogP contribution in [-0.4, -0.2) is 26.3 Å². The van der Waals surface area contributed by atoms with E-state index in [4.69, 9.17) is 0 Å². The average Bonchev–Trinajstić information content (AvgIpc) is 3.04. The lowest BCUT2D eigenvalue weighted by atomic mass is 9.81. The highest BCUT2D eigenvalue weighted by Crippen LogP contribution is 2.44. The molecule has 0 saturated carbocycles. The highest BCUT2D eigenvalue weighted by Gasteiger charge is 2.35. The van der Waals surface area contributed by atoms with Crippen molar-refractivity contribution >= 4 is 17.4 Å². The lowest BCUT2D eigenvalue weighted by Gasteiger charge is -2.28. The van der Waals surface area contributed by atoms with Crippen molar-refractivity contribution in [3.05, 3.63) is 76.6 Å². The summed E-state index contributed by atoms with van der Waals surface area (Å²) in [5.41, 5.74) is 4.21. The third-order valence-electron chi connectivity index (χ3n) is 4.89. The molecule has 142 valence electrons. The van der Waals surface area contributed by atoms with Gasteiger partial charge in [0.1, 0.15) is 0 Å². The number of carbonyl (C=O) groups excluding carboxylic acids is 1. The standard InChI is InChI=1S/C21H20N4O3/c1-11-18(21(28)23-14-6-4-3-5-7-14)19(13-8-9-15(26)16(27)10-13)17-12(2)24-25-20(17)22-11/h3-10,19,26-27H,1-2H3,(H,23,28)(H2,22,24,25)/t19-/m0/s1. The second kappa shape index (κ2) is 6.77.